The Morgan fingerprint density at radius 1 is 1.62 bits per heavy atom. The van der Waals surface area contributed by atoms with E-state index in [1.54, 1.807) is 0 Å². The zero-order chi connectivity index (χ0) is 10.3. The van der Waals surface area contributed by atoms with E-state index >= 15 is 0 Å². The second-order valence-corrected chi connectivity index (χ2v) is 2.86. The molecule has 1 aliphatic rings. The van der Waals surface area contributed by atoms with Crippen LogP contribution in [-0.4, -0.2) is 30.2 Å². The molecule has 6 heteroatoms. The molecule has 1 atom stereocenters. The van der Waals surface area contributed by atoms with Gasteiger partial charge in [-0.3, -0.25) is 4.90 Å². The summed E-state index contributed by atoms with van der Waals surface area (Å²) in [7, 11) is 2.17. The van der Waals surface area contributed by atoms with Crippen molar-refractivity contribution in [2.24, 2.45) is 0 Å². The zero-order valence-electron chi connectivity index (χ0n) is 7.90. The van der Waals surface area contributed by atoms with Gasteiger partial charge in [-0.25, -0.2) is 0 Å². The predicted octanol–water partition coefficient (Wildman–Crippen LogP) is -0.584. The number of nitrogens with zero attached hydrogens (tertiary/aromatic N) is 2. The maximum Gasteiger partial charge on any atom is 0.156 e. The number of quaternary nitrogens is 1. The fourth-order valence-electron chi connectivity index (χ4n) is 1.10. The van der Waals surface area contributed by atoms with Gasteiger partial charge in [-0.1, -0.05) is 6.92 Å². The maximum atomic E-state index is 8.25. The summed E-state index contributed by atoms with van der Waals surface area (Å²) in [5.74, 6) is 0. The quantitative estimate of drug-likeness (QED) is 0.465. The summed E-state index contributed by atoms with van der Waals surface area (Å²) >= 11 is 0. The van der Waals surface area contributed by atoms with Crippen LogP contribution in [0.2, 0.25) is 0 Å². The minimum Gasteiger partial charge on any atom is -0.356 e. The third-order valence-electron chi connectivity index (χ3n) is 1.53. The summed E-state index contributed by atoms with van der Waals surface area (Å²) in [5, 5.41) is 14.8. The molecule has 0 aromatic rings. The maximum absolute atomic E-state index is 8.25. The van der Waals surface area contributed by atoms with Gasteiger partial charge >= 0.3 is 0 Å². The highest BCUT2D eigenvalue weighted by molar-refractivity contribution is 4.76. The monoisotopic (exact) mass is 189 g/mol. The van der Waals surface area contributed by atoms with Crippen molar-refractivity contribution in [1.82, 2.24) is 4.90 Å². The Labute approximate surface area is 77.2 Å². The van der Waals surface area contributed by atoms with Gasteiger partial charge in [0.2, 0.25) is 0 Å². The highest BCUT2D eigenvalue weighted by atomic mass is 16.9. The van der Waals surface area contributed by atoms with E-state index < -0.39 is 5.09 Å². The molecule has 1 aliphatic heterocycles. The van der Waals surface area contributed by atoms with Crippen molar-refractivity contribution in [2.75, 3.05) is 20.3 Å². The Morgan fingerprint density at radius 3 is 2.46 bits per heavy atom. The molecule has 0 aliphatic carbocycles. The average Bonchev–Trinajstić information content (AvgIpc) is 2.35. The molecule has 0 aromatic heterocycles. The number of nitrogens with one attached hydrogen (secondary N) is 1. The van der Waals surface area contributed by atoms with E-state index in [0.717, 1.165) is 6.67 Å². The Kier molecular flexibility index (Phi) is 5.62. The third-order valence-corrected chi connectivity index (χ3v) is 1.53. The summed E-state index contributed by atoms with van der Waals surface area (Å²) in [6, 6.07) is 0. The molecule has 1 heterocycles. The molecule has 76 valence electrons. The first kappa shape index (κ1) is 11.7. The Bertz CT molecular complexity index is 180. The van der Waals surface area contributed by atoms with E-state index in [1.165, 1.54) is 17.9 Å². The number of hydrogen-bond donors (Lipinski definition) is 1. The molecule has 0 amide bonds. The van der Waals surface area contributed by atoms with Crippen LogP contribution in [0.1, 0.15) is 13.3 Å². The lowest BCUT2D eigenvalue weighted by Crippen LogP contribution is -3.03. The molecule has 0 fully saturated rings. The third kappa shape index (κ3) is 7.07. The molecule has 1 rings (SSSR count). The lowest BCUT2D eigenvalue weighted by atomic mass is 10.4. The van der Waals surface area contributed by atoms with Gasteiger partial charge in [0.1, 0.15) is 6.20 Å². The van der Waals surface area contributed by atoms with Gasteiger partial charge in [0, 0.05) is 6.54 Å². The Hall–Kier alpha value is -1.30. The van der Waals surface area contributed by atoms with Crippen LogP contribution in [0.15, 0.2) is 12.4 Å². The van der Waals surface area contributed by atoms with Gasteiger partial charge in [0.05, 0.1) is 18.3 Å². The molecule has 0 saturated carbocycles. The van der Waals surface area contributed by atoms with Crippen LogP contribution in [0.25, 0.3) is 0 Å². The van der Waals surface area contributed by atoms with Crippen molar-refractivity contribution in [2.45, 2.75) is 13.3 Å². The SMILES string of the molecule is CCCN1C=C[NH+](C)C1.O=[N+]([O-])[O-]. The van der Waals surface area contributed by atoms with E-state index in [-0.39, 0.29) is 0 Å². The summed E-state index contributed by atoms with van der Waals surface area (Å²) in [6.07, 6.45) is 5.62. The van der Waals surface area contributed by atoms with Crippen LogP contribution < -0.4 is 4.90 Å². The van der Waals surface area contributed by atoms with Crippen LogP contribution in [0.4, 0.5) is 0 Å². The molecular formula is C7H15N3O3. The van der Waals surface area contributed by atoms with E-state index in [1.807, 2.05) is 0 Å². The van der Waals surface area contributed by atoms with Crippen molar-refractivity contribution >= 4 is 0 Å². The molecule has 13 heavy (non-hydrogen) atoms. The van der Waals surface area contributed by atoms with Crippen molar-refractivity contribution in [3.05, 3.63) is 27.7 Å². The smallest absolute Gasteiger partial charge is 0.156 e. The Morgan fingerprint density at radius 2 is 2.15 bits per heavy atom. The number of hydrogen-bond acceptors (Lipinski definition) is 4. The van der Waals surface area contributed by atoms with E-state index in [0.29, 0.717) is 0 Å². The normalized spacial score (nSPS) is 19.5. The summed E-state index contributed by atoms with van der Waals surface area (Å²) < 4.78 is 0. The minimum absolute atomic E-state index is 1.15. The first-order valence-electron chi connectivity index (χ1n) is 4.12. The van der Waals surface area contributed by atoms with E-state index in [4.69, 9.17) is 15.3 Å². The molecule has 1 unspecified atom stereocenters. The molecular weight excluding hydrogens is 174 g/mol. The minimum atomic E-state index is -1.75. The highest BCUT2D eigenvalue weighted by Gasteiger charge is 2.09. The summed E-state index contributed by atoms with van der Waals surface area (Å²) in [6.45, 7) is 4.56. The lowest BCUT2D eigenvalue weighted by Gasteiger charge is -2.12. The first-order valence-corrected chi connectivity index (χ1v) is 4.12. The van der Waals surface area contributed by atoms with E-state index in [9.17, 15) is 0 Å². The molecule has 0 bridgehead atoms. The Balaban J connectivity index is 0.000000310. The van der Waals surface area contributed by atoms with Crippen molar-refractivity contribution in [3.63, 3.8) is 0 Å². The largest absolute Gasteiger partial charge is 0.356 e. The first-order chi connectivity index (χ1) is 6.06. The van der Waals surface area contributed by atoms with E-state index in [2.05, 4.69) is 31.3 Å². The summed E-state index contributed by atoms with van der Waals surface area (Å²) in [5.41, 5.74) is 0. The van der Waals surface area contributed by atoms with Crippen LogP contribution in [0, 0.1) is 15.3 Å². The fourth-order valence-corrected chi connectivity index (χ4v) is 1.10. The number of rotatable bonds is 2. The molecule has 6 nitrogen and oxygen atoms in total. The van der Waals surface area contributed by atoms with Gasteiger partial charge in [-0.2, -0.15) is 0 Å². The summed E-state index contributed by atoms with van der Waals surface area (Å²) in [4.78, 5) is 12.1. The molecule has 1 N–H and O–H groups in total. The van der Waals surface area contributed by atoms with Crippen LogP contribution >= 0.6 is 0 Å². The van der Waals surface area contributed by atoms with Crippen LogP contribution in [0.3, 0.4) is 0 Å². The second-order valence-electron chi connectivity index (χ2n) is 2.86. The van der Waals surface area contributed by atoms with Crippen LogP contribution in [-0.2, 0) is 0 Å². The average molecular weight is 189 g/mol. The zero-order valence-corrected chi connectivity index (χ0v) is 7.90. The second kappa shape index (κ2) is 6.24. The van der Waals surface area contributed by atoms with Crippen LogP contribution in [0.5, 0.6) is 0 Å². The fraction of sp³-hybridized carbons (Fsp3) is 0.714. The van der Waals surface area contributed by atoms with Gasteiger partial charge in [0.25, 0.3) is 0 Å². The van der Waals surface area contributed by atoms with Crippen molar-refractivity contribution < 1.29 is 9.99 Å². The van der Waals surface area contributed by atoms with Gasteiger partial charge in [-0.05, 0) is 6.42 Å². The lowest BCUT2D eigenvalue weighted by molar-refractivity contribution is -0.826. The molecule has 0 spiro atoms. The van der Waals surface area contributed by atoms with Crippen molar-refractivity contribution in [3.8, 4) is 0 Å². The molecule has 0 radical (unpaired) electrons. The van der Waals surface area contributed by atoms with Gasteiger partial charge in [-0.15, -0.1) is 0 Å². The molecule has 0 aromatic carbocycles. The van der Waals surface area contributed by atoms with Crippen molar-refractivity contribution in [1.29, 1.82) is 0 Å². The standard InChI is InChI=1S/C7H14N2.NO3/c1-3-4-9-6-5-8(2)7-9;2-1(3)4/h5-6H,3-4,7H2,1-2H3;/q;-1/p+1. The molecule has 0 saturated heterocycles. The predicted molar refractivity (Wildman–Crippen MR) is 48.3 cm³/mol. The highest BCUT2D eigenvalue weighted by Crippen LogP contribution is 1.90. The van der Waals surface area contributed by atoms with Gasteiger partial charge < -0.3 is 20.2 Å². The van der Waals surface area contributed by atoms with Gasteiger partial charge in [0.15, 0.2) is 6.67 Å². The topological polar surface area (TPSA) is 73.9 Å².